The molecule has 0 aliphatic carbocycles. The molecule has 0 aliphatic rings. The van der Waals surface area contributed by atoms with Crippen LogP contribution in [-0.2, 0) is 10.0 Å². The van der Waals surface area contributed by atoms with Crippen LogP contribution in [0.25, 0.3) is 11.3 Å². The zero-order valence-corrected chi connectivity index (χ0v) is 10.6. The fourth-order valence-corrected chi connectivity index (χ4v) is 1.82. The van der Waals surface area contributed by atoms with E-state index in [4.69, 9.17) is 4.52 Å². The number of benzene rings is 1. The number of hydrogen-bond donors (Lipinski definition) is 1. The second kappa shape index (κ2) is 4.81. The third kappa shape index (κ3) is 3.38. The molecule has 0 bridgehead atoms. The van der Waals surface area contributed by atoms with Gasteiger partial charge in [0, 0.05) is 11.6 Å². The van der Waals surface area contributed by atoms with Gasteiger partial charge in [-0.2, -0.15) is 0 Å². The first kappa shape index (κ1) is 13.2. The van der Waals surface area contributed by atoms with Crippen LogP contribution in [0.2, 0.25) is 0 Å². The van der Waals surface area contributed by atoms with Gasteiger partial charge in [0.1, 0.15) is 11.5 Å². The summed E-state index contributed by atoms with van der Waals surface area (Å²) in [7, 11) is -3.68. The molecule has 1 heterocycles. The van der Waals surface area contributed by atoms with Crippen LogP contribution in [0, 0.1) is 5.82 Å². The molecule has 8 heteroatoms. The Balaban J connectivity index is 2.27. The molecule has 0 atom stereocenters. The topological polar surface area (TPSA) is 89.3 Å². The molecule has 1 aromatic heterocycles. The van der Waals surface area contributed by atoms with Gasteiger partial charge in [-0.15, -0.1) is 0 Å². The molecule has 2 aromatic rings. The van der Waals surface area contributed by atoms with Gasteiger partial charge in [0.05, 0.1) is 6.26 Å². The highest BCUT2D eigenvalue weighted by Gasteiger charge is 2.17. The van der Waals surface area contributed by atoms with Gasteiger partial charge < -0.3 is 4.52 Å². The monoisotopic (exact) mass is 284 g/mol. The predicted octanol–water partition coefficient (Wildman–Crippen LogP) is 1.17. The van der Waals surface area contributed by atoms with Crippen LogP contribution in [0.4, 0.5) is 4.39 Å². The number of nitrogens with one attached hydrogen (secondary N) is 1. The maximum Gasteiger partial charge on any atom is 0.303 e. The van der Waals surface area contributed by atoms with E-state index in [1.54, 1.807) is 10.8 Å². The van der Waals surface area contributed by atoms with Crippen molar-refractivity contribution >= 4 is 15.9 Å². The van der Waals surface area contributed by atoms with Crippen molar-refractivity contribution in [2.24, 2.45) is 0 Å². The van der Waals surface area contributed by atoms with Crippen LogP contribution >= 0.6 is 0 Å². The zero-order chi connectivity index (χ0) is 14.0. The number of hydrogen-bond acceptors (Lipinski definition) is 5. The van der Waals surface area contributed by atoms with E-state index in [2.05, 4.69) is 5.16 Å². The molecule has 0 saturated carbocycles. The fraction of sp³-hybridized carbons (Fsp3) is 0.0909. The van der Waals surface area contributed by atoms with Crippen LogP contribution in [0.3, 0.4) is 0 Å². The maximum absolute atomic E-state index is 13.0. The van der Waals surface area contributed by atoms with E-state index in [-0.39, 0.29) is 11.5 Å². The summed E-state index contributed by atoms with van der Waals surface area (Å²) in [6.45, 7) is 0. The summed E-state index contributed by atoms with van der Waals surface area (Å²) in [6.07, 6.45) is 0.842. The molecule has 100 valence electrons. The predicted molar refractivity (Wildman–Crippen MR) is 64.2 cm³/mol. The highest BCUT2D eigenvalue weighted by molar-refractivity contribution is 7.89. The summed E-state index contributed by atoms with van der Waals surface area (Å²) in [5.41, 5.74) is 0.653. The first-order valence-electron chi connectivity index (χ1n) is 5.10. The van der Waals surface area contributed by atoms with E-state index in [1.807, 2.05) is 0 Å². The molecule has 0 aliphatic heterocycles. The lowest BCUT2D eigenvalue weighted by atomic mass is 10.1. The molecule has 2 rings (SSSR count). The summed E-state index contributed by atoms with van der Waals surface area (Å²) in [5.74, 6) is -1.66. The van der Waals surface area contributed by atoms with Gasteiger partial charge in [-0.3, -0.25) is 4.79 Å². The van der Waals surface area contributed by atoms with Crippen molar-refractivity contribution in [1.29, 1.82) is 0 Å². The first-order chi connectivity index (χ1) is 8.85. The molecule has 1 amide bonds. The Morgan fingerprint density at radius 1 is 1.37 bits per heavy atom. The lowest BCUT2D eigenvalue weighted by Gasteiger charge is -1.97. The molecule has 1 N–H and O–H groups in total. The van der Waals surface area contributed by atoms with E-state index in [0.717, 1.165) is 6.26 Å². The van der Waals surface area contributed by atoms with Crippen LogP contribution in [0.15, 0.2) is 34.9 Å². The molecule has 0 spiro atoms. The van der Waals surface area contributed by atoms with E-state index < -0.39 is 21.7 Å². The summed E-state index contributed by atoms with van der Waals surface area (Å²) in [6, 6.07) is 6.78. The van der Waals surface area contributed by atoms with Crippen LogP contribution in [0.5, 0.6) is 0 Å². The smallest absolute Gasteiger partial charge is 0.303 e. The number of carbonyl (C=O) groups is 1. The van der Waals surface area contributed by atoms with Crippen molar-refractivity contribution in [3.05, 3.63) is 41.9 Å². The number of aromatic nitrogens is 1. The highest BCUT2D eigenvalue weighted by atomic mass is 32.2. The summed E-state index contributed by atoms with van der Waals surface area (Å²) < 4.78 is 41.3. The zero-order valence-electron chi connectivity index (χ0n) is 9.75. The second-order valence-corrected chi connectivity index (χ2v) is 5.54. The molecule has 0 fully saturated rings. The van der Waals surface area contributed by atoms with E-state index in [0.29, 0.717) is 5.56 Å². The Morgan fingerprint density at radius 3 is 2.74 bits per heavy atom. The minimum absolute atomic E-state index is 0.234. The molecule has 0 unspecified atom stereocenters. The third-order valence-electron chi connectivity index (χ3n) is 2.13. The van der Waals surface area contributed by atoms with Crippen LogP contribution in [0.1, 0.15) is 10.6 Å². The summed E-state index contributed by atoms with van der Waals surface area (Å²) in [4.78, 5) is 11.5. The summed E-state index contributed by atoms with van der Waals surface area (Å²) >= 11 is 0. The number of nitrogens with zero attached hydrogens (tertiary/aromatic N) is 1. The third-order valence-corrected chi connectivity index (χ3v) is 2.69. The Bertz CT molecular complexity index is 724. The number of rotatable bonds is 3. The quantitative estimate of drug-likeness (QED) is 0.913. The van der Waals surface area contributed by atoms with Gasteiger partial charge >= 0.3 is 5.91 Å². The van der Waals surface area contributed by atoms with Gasteiger partial charge in [0.15, 0.2) is 0 Å². The maximum atomic E-state index is 13.0. The minimum Gasteiger partial charge on any atom is -0.350 e. The Morgan fingerprint density at radius 2 is 2.11 bits per heavy atom. The lowest BCUT2D eigenvalue weighted by molar-refractivity contribution is 0.0946. The SMILES string of the molecule is CS(=O)(=O)NC(=O)c1cc(-c2cccc(F)c2)no1. The van der Waals surface area contributed by atoms with E-state index in [9.17, 15) is 17.6 Å². The Labute approximate surface area is 108 Å². The average molecular weight is 284 g/mol. The average Bonchev–Trinajstić information content (AvgIpc) is 2.75. The first-order valence-corrected chi connectivity index (χ1v) is 6.99. The van der Waals surface area contributed by atoms with Crippen molar-refractivity contribution < 1.29 is 22.1 Å². The molecule has 6 nitrogen and oxygen atoms in total. The normalized spacial score (nSPS) is 11.3. The molecule has 0 saturated heterocycles. The number of halogens is 1. The molecule has 19 heavy (non-hydrogen) atoms. The van der Waals surface area contributed by atoms with Crippen molar-refractivity contribution in [1.82, 2.24) is 9.88 Å². The Kier molecular flexibility index (Phi) is 3.34. The number of carbonyl (C=O) groups excluding carboxylic acids is 1. The van der Waals surface area contributed by atoms with Crippen molar-refractivity contribution in [3.63, 3.8) is 0 Å². The van der Waals surface area contributed by atoms with Gasteiger partial charge in [-0.25, -0.2) is 17.5 Å². The van der Waals surface area contributed by atoms with Gasteiger partial charge in [0.25, 0.3) is 0 Å². The van der Waals surface area contributed by atoms with Crippen LogP contribution < -0.4 is 4.72 Å². The fourth-order valence-electron chi connectivity index (χ4n) is 1.38. The molecule has 0 radical (unpaired) electrons. The van der Waals surface area contributed by atoms with Gasteiger partial charge in [-0.05, 0) is 12.1 Å². The molecular formula is C11H9FN2O4S. The highest BCUT2D eigenvalue weighted by Crippen LogP contribution is 2.19. The van der Waals surface area contributed by atoms with Crippen molar-refractivity contribution in [2.45, 2.75) is 0 Å². The van der Waals surface area contributed by atoms with Crippen molar-refractivity contribution in [3.8, 4) is 11.3 Å². The van der Waals surface area contributed by atoms with E-state index >= 15 is 0 Å². The number of amides is 1. The van der Waals surface area contributed by atoms with Crippen molar-refractivity contribution in [2.75, 3.05) is 6.26 Å². The van der Waals surface area contributed by atoms with E-state index in [1.165, 1.54) is 24.3 Å². The standard InChI is InChI=1S/C11H9FN2O4S/c1-19(16,17)14-11(15)10-6-9(13-18-10)7-3-2-4-8(12)5-7/h2-6H,1H3,(H,14,15). The minimum atomic E-state index is -3.68. The molecular weight excluding hydrogens is 275 g/mol. The Hall–Kier alpha value is -2.22. The second-order valence-electron chi connectivity index (χ2n) is 3.79. The molecule has 1 aromatic carbocycles. The number of sulfonamides is 1. The lowest BCUT2D eigenvalue weighted by Crippen LogP contribution is -2.28. The van der Waals surface area contributed by atoms with Gasteiger partial charge in [0.2, 0.25) is 15.8 Å². The van der Waals surface area contributed by atoms with Gasteiger partial charge in [-0.1, -0.05) is 17.3 Å². The summed E-state index contributed by atoms with van der Waals surface area (Å²) in [5, 5.41) is 3.58. The van der Waals surface area contributed by atoms with Crippen LogP contribution in [-0.4, -0.2) is 25.7 Å². The largest absolute Gasteiger partial charge is 0.350 e.